The molecule has 2 rings (SSSR count). The summed E-state index contributed by atoms with van der Waals surface area (Å²) in [5, 5.41) is 18.7. The SMILES string of the molecule is N#Cc1c(Cl)cccc1N1CCCC1CCCO. The van der Waals surface area contributed by atoms with Gasteiger partial charge in [0.2, 0.25) is 0 Å². The number of nitrogens with zero attached hydrogens (tertiary/aromatic N) is 2. The number of rotatable bonds is 4. The zero-order valence-electron chi connectivity index (χ0n) is 10.3. The van der Waals surface area contributed by atoms with Crippen molar-refractivity contribution in [3.8, 4) is 6.07 Å². The highest BCUT2D eigenvalue weighted by Gasteiger charge is 2.26. The van der Waals surface area contributed by atoms with Crippen LogP contribution in [0.2, 0.25) is 5.02 Å². The first-order chi connectivity index (χ1) is 8.77. The van der Waals surface area contributed by atoms with Gasteiger partial charge in [0, 0.05) is 19.2 Å². The van der Waals surface area contributed by atoms with E-state index in [1.54, 1.807) is 6.07 Å². The van der Waals surface area contributed by atoms with Gasteiger partial charge in [0.05, 0.1) is 16.3 Å². The second-order valence-corrected chi connectivity index (χ2v) is 5.01. The van der Waals surface area contributed by atoms with Crippen LogP contribution in [0.1, 0.15) is 31.2 Å². The number of nitriles is 1. The zero-order chi connectivity index (χ0) is 13.0. The summed E-state index contributed by atoms with van der Waals surface area (Å²) in [6.07, 6.45) is 4.03. The van der Waals surface area contributed by atoms with Crippen molar-refractivity contribution < 1.29 is 5.11 Å². The van der Waals surface area contributed by atoms with Gasteiger partial charge in [-0.15, -0.1) is 0 Å². The van der Waals surface area contributed by atoms with Crippen LogP contribution in [-0.4, -0.2) is 24.3 Å². The van der Waals surface area contributed by atoms with Gasteiger partial charge < -0.3 is 10.0 Å². The third-order valence-electron chi connectivity index (χ3n) is 3.49. The molecule has 0 saturated carbocycles. The van der Waals surface area contributed by atoms with Gasteiger partial charge >= 0.3 is 0 Å². The van der Waals surface area contributed by atoms with Crippen molar-refractivity contribution in [1.82, 2.24) is 0 Å². The predicted molar refractivity (Wildman–Crippen MR) is 72.9 cm³/mol. The summed E-state index contributed by atoms with van der Waals surface area (Å²) in [5.74, 6) is 0. The molecule has 0 aliphatic carbocycles. The molecule has 1 aromatic carbocycles. The molecule has 0 bridgehead atoms. The van der Waals surface area contributed by atoms with E-state index in [0.29, 0.717) is 16.6 Å². The third-order valence-corrected chi connectivity index (χ3v) is 3.80. The number of anilines is 1. The molecule has 0 spiro atoms. The molecule has 1 atom stereocenters. The van der Waals surface area contributed by atoms with E-state index in [9.17, 15) is 5.26 Å². The summed E-state index contributed by atoms with van der Waals surface area (Å²) in [6.45, 7) is 1.19. The highest BCUT2D eigenvalue weighted by molar-refractivity contribution is 6.32. The van der Waals surface area contributed by atoms with Crippen molar-refractivity contribution in [2.24, 2.45) is 0 Å². The van der Waals surface area contributed by atoms with E-state index >= 15 is 0 Å². The fourth-order valence-corrected chi connectivity index (χ4v) is 2.85. The fourth-order valence-electron chi connectivity index (χ4n) is 2.64. The standard InChI is InChI=1S/C14H17ClN2O/c15-13-6-1-7-14(12(13)10-16)17-8-2-4-11(17)5-3-9-18/h1,6-7,11,18H,2-5,8-9H2. The predicted octanol–water partition coefficient (Wildman–Crippen LogP) is 2.95. The average Bonchev–Trinajstić information content (AvgIpc) is 2.84. The fraction of sp³-hybridized carbons (Fsp3) is 0.500. The summed E-state index contributed by atoms with van der Waals surface area (Å²) >= 11 is 6.07. The molecule has 1 aliphatic rings. The van der Waals surface area contributed by atoms with Crippen molar-refractivity contribution in [1.29, 1.82) is 5.26 Å². The average molecular weight is 265 g/mol. The molecule has 1 aromatic rings. The Morgan fingerprint density at radius 3 is 3.06 bits per heavy atom. The molecule has 96 valence electrons. The van der Waals surface area contributed by atoms with Crippen molar-refractivity contribution in [3.63, 3.8) is 0 Å². The molecule has 0 amide bonds. The molecule has 1 aliphatic heterocycles. The summed E-state index contributed by atoms with van der Waals surface area (Å²) in [4.78, 5) is 2.26. The van der Waals surface area contributed by atoms with E-state index in [4.69, 9.17) is 16.7 Å². The molecule has 1 saturated heterocycles. The van der Waals surface area contributed by atoms with Gasteiger partial charge in [0.15, 0.2) is 0 Å². The van der Waals surface area contributed by atoms with Crippen molar-refractivity contribution in [3.05, 3.63) is 28.8 Å². The minimum Gasteiger partial charge on any atom is -0.396 e. The van der Waals surface area contributed by atoms with Gasteiger partial charge in [0.1, 0.15) is 6.07 Å². The first kappa shape index (κ1) is 13.2. The van der Waals surface area contributed by atoms with Crippen LogP contribution in [0.5, 0.6) is 0 Å². The van der Waals surface area contributed by atoms with Gasteiger partial charge in [-0.1, -0.05) is 17.7 Å². The number of aliphatic hydroxyl groups excluding tert-OH is 1. The first-order valence-electron chi connectivity index (χ1n) is 6.34. The van der Waals surface area contributed by atoms with Gasteiger partial charge in [-0.2, -0.15) is 5.26 Å². The molecular weight excluding hydrogens is 248 g/mol. The van der Waals surface area contributed by atoms with E-state index < -0.39 is 0 Å². The molecular formula is C14H17ClN2O. The first-order valence-corrected chi connectivity index (χ1v) is 6.72. The molecule has 0 radical (unpaired) electrons. The van der Waals surface area contributed by atoms with Crippen LogP contribution >= 0.6 is 11.6 Å². The largest absolute Gasteiger partial charge is 0.396 e. The number of aliphatic hydroxyl groups is 1. The molecule has 3 nitrogen and oxygen atoms in total. The maximum atomic E-state index is 9.22. The molecule has 1 heterocycles. The minimum atomic E-state index is 0.227. The lowest BCUT2D eigenvalue weighted by molar-refractivity contribution is 0.279. The van der Waals surface area contributed by atoms with E-state index in [2.05, 4.69) is 11.0 Å². The van der Waals surface area contributed by atoms with Gasteiger partial charge in [-0.05, 0) is 37.8 Å². The number of halogens is 1. The van der Waals surface area contributed by atoms with Crippen LogP contribution in [0.4, 0.5) is 5.69 Å². The summed E-state index contributed by atoms with van der Waals surface area (Å²) in [7, 11) is 0. The minimum absolute atomic E-state index is 0.227. The Morgan fingerprint density at radius 2 is 2.33 bits per heavy atom. The van der Waals surface area contributed by atoms with Gasteiger partial charge in [-0.3, -0.25) is 0 Å². The van der Waals surface area contributed by atoms with Crippen molar-refractivity contribution in [2.75, 3.05) is 18.1 Å². The van der Waals surface area contributed by atoms with E-state index in [1.807, 2.05) is 12.1 Å². The van der Waals surface area contributed by atoms with Crippen LogP contribution in [0, 0.1) is 11.3 Å². The van der Waals surface area contributed by atoms with Crippen LogP contribution in [0.15, 0.2) is 18.2 Å². The third kappa shape index (κ3) is 2.60. The topological polar surface area (TPSA) is 47.3 Å². The molecule has 4 heteroatoms. The molecule has 1 unspecified atom stereocenters. The van der Waals surface area contributed by atoms with E-state index in [0.717, 1.165) is 37.9 Å². The van der Waals surface area contributed by atoms with Crippen LogP contribution < -0.4 is 4.90 Å². The van der Waals surface area contributed by atoms with E-state index in [-0.39, 0.29) is 6.61 Å². The maximum Gasteiger partial charge on any atom is 0.103 e. The smallest absolute Gasteiger partial charge is 0.103 e. The van der Waals surface area contributed by atoms with Crippen LogP contribution in [0.3, 0.4) is 0 Å². The van der Waals surface area contributed by atoms with Crippen LogP contribution in [0.25, 0.3) is 0 Å². The zero-order valence-corrected chi connectivity index (χ0v) is 11.0. The summed E-state index contributed by atoms with van der Waals surface area (Å²) < 4.78 is 0. The second kappa shape index (κ2) is 6.08. The lowest BCUT2D eigenvalue weighted by Crippen LogP contribution is -2.30. The van der Waals surface area contributed by atoms with Crippen molar-refractivity contribution >= 4 is 17.3 Å². The van der Waals surface area contributed by atoms with E-state index in [1.165, 1.54) is 0 Å². The Hall–Kier alpha value is -1.24. The quantitative estimate of drug-likeness (QED) is 0.910. The highest BCUT2D eigenvalue weighted by atomic mass is 35.5. The summed E-state index contributed by atoms with van der Waals surface area (Å²) in [5.41, 5.74) is 1.50. The lowest BCUT2D eigenvalue weighted by Gasteiger charge is -2.27. The van der Waals surface area contributed by atoms with Gasteiger partial charge in [-0.25, -0.2) is 0 Å². The second-order valence-electron chi connectivity index (χ2n) is 4.60. The Morgan fingerprint density at radius 1 is 1.50 bits per heavy atom. The number of benzene rings is 1. The molecule has 1 fully saturated rings. The Bertz CT molecular complexity index is 456. The Labute approximate surface area is 113 Å². The van der Waals surface area contributed by atoms with Crippen LogP contribution in [-0.2, 0) is 0 Å². The normalized spacial score (nSPS) is 18.9. The Kier molecular flexibility index (Phi) is 4.46. The molecule has 0 aromatic heterocycles. The van der Waals surface area contributed by atoms with Gasteiger partial charge in [0.25, 0.3) is 0 Å². The van der Waals surface area contributed by atoms with Crippen molar-refractivity contribution in [2.45, 2.75) is 31.7 Å². The number of hydrogen-bond acceptors (Lipinski definition) is 3. The number of hydrogen-bond donors (Lipinski definition) is 1. The monoisotopic (exact) mass is 264 g/mol. The maximum absolute atomic E-state index is 9.22. The molecule has 1 N–H and O–H groups in total. The summed E-state index contributed by atoms with van der Waals surface area (Å²) in [6, 6.07) is 8.21. The Balaban J connectivity index is 2.25. The molecule has 18 heavy (non-hydrogen) atoms. The lowest BCUT2D eigenvalue weighted by atomic mass is 10.1. The highest BCUT2D eigenvalue weighted by Crippen LogP contribution is 2.33.